The highest BCUT2D eigenvalue weighted by molar-refractivity contribution is 6.92. The van der Waals surface area contributed by atoms with Crippen LogP contribution in [0.5, 0.6) is 0 Å². The van der Waals surface area contributed by atoms with Crippen LogP contribution in [-0.2, 0) is 101 Å². The molecular weight excluding hydrogens is 1710 g/mol. The van der Waals surface area contributed by atoms with E-state index < -0.39 is 208 Å². The van der Waals surface area contributed by atoms with E-state index in [0.717, 1.165) is 54.4 Å². The first kappa shape index (κ1) is 108. The summed E-state index contributed by atoms with van der Waals surface area (Å²) in [6.07, 6.45) is 2.16. The lowest BCUT2D eigenvalue weighted by Gasteiger charge is -2.44. The van der Waals surface area contributed by atoms with Crippen molar-refractivity contribution >= 4 is 228 Å². The fraction of sp³-hybridized carbons (Fsp3) is 1.00. The minimum Gasteiger partial charge on any atom is -0.441 e. The van der Waals surface area contributed by atoms with Crippen LogP contribution < -0.4 is 0 Å². The smallest absolute Gasteiger partial charge is 0.441 e. The van der Waals surface area contributed by atoms with Crippen molar-refractivity contribution < 1.29 is 101 Å². The molecule has 0 aromatic carbocycles. The molecule has 16 atom stereocenters. The third-order valence-corrected chi connectivity index (χ3v) is 90.4. The SMILES string of the molecule is CC.CC.CCC[SiH]1CC(C)O[SiH](C)O[SiH](C)O1.CO[SiH2]C.CO[SiH2]C.C[SiH2]O[Si](O[SiH2]O[SiH2]O[Si](C)(C)CC[SiH]1O[SiH](C)CC(C)O[SiH](C)O1)(O[Si](C)(C)O[Si](C)(C)O[Si](C)(C)CC[SiH]1OC(C)C[SiH](C)O[SiH](C)O1)O[Si](C)(C)O[Si](C)(C)O[Si](C)(C)CC[SiH]1OC(C)C[SiH](C)O[SiH](C)O1. The van der Waals surface area contributed by atoms with Crippen LogP contribution in [0.1, 0.15) is 68.7 Å². The average molecular weight is 1870 g/mol. The average Bonchev–Trinajstić information content (AvgIpc) is 0.790. The molecule has 610 valence electrons. The predicted molar refractivity (Wildman–Crippen MR) is 483 cm³/mol. The molecule has 24 nitrogen and oxygen atoms in total. The van der Waals surface area contributed by atoms with E-state index in [-0.39, 0.29) is 37.8 Å². The van der Waals surface area contributed by atoms with Crippen molar-refractivity contribution in [1.82, 2.24) is 0 Å². The molecule has 4 fully saturated rings. The van der Waals surface area contributed by atoms with Crippen molar-refractivity contribution in [2.24, 2.45) is 0 Å². The van der Waals surface area contributed by atoms with Gasteiger partial charge in [0.05, 0.1) is 0 Å². The van der Waals surface area contributed by atoms with Gasteiger partial charge in [-0.15, -0.1) is 0 Å². The fourth-order valence-electron chi connectivity index (χ4n) is 12.1. The van der Waals surface area contributed by atoms with Crippen LogP contribution in [0, 0.1) is 0 Å². The second-order valence-corrected chi connectivity index (χ2v) is 95.7. The van der Waals surface area contributed by atoms with E-state index in [9.17, 15) is 0 Å². The van der Waals surface area contributed by atoms with Gasteiger partial charge >= 0.3 is 89.7 Å². The molecular formula is C52H158O24Si25. The molecule has 0 spiro atoms. The molecule has 16 unspecified atom stereocenters. The molecule has 0 bridgehead atoms. The maximum Gasteiger partial charge on any atom is 0.641 e. The Morgan fingerprint density at radius 3 is 1.10 bits per heavy atom. The van der Waals surface area contributed by atoms with E-state index in [0.29, 0.717) is 6.10 Å². The minimum atomic E-state index is -3.96. The molecule has 0 N–H and O–H groups in total. The summed E-state index contributed by atoms with van der Waals surface area (Å²) in [5, 5.41) is 0. The summed E-state index contributed by atoms with van der Waals surface area (Å²) in [5.41, 5.74) is 0. The zero-order valence-corrected chi connectivity index (χ0v) is 100.0. The van der Waals surface area contributed by atoms with Crippen molar-refractivity contribution in [1.29, 1.82) is 0 Å². The standard InChI is InChI=1S/C36H108O19Si20.C8H22O3Si3.2C2H8OSi.2C2H6/c1-34-31-61(7)46-67(47-62(8)37-34)27-28-68(11,12)42-57-40-58-43-75(41-56-4,54-73(21,22)52-71(17,18)50-69(13,14)29-25-65-38-35(2)32-59(5)44-63(9)48-65)55-74(23,24)53-72(19,20)51-70(15,16)30-26-66-39-36(3)33-60(6)45-64(10)49-66;1-5-6-14-7-8(2)9-12(3)10-13(4)11-14;2*1-3-4-2;2*1-2/h34-36,59-67H,25-33,56-58H2,1-24H3;8,12-14H,5-7H2,1-4H3;2*4H2,1-2H3;2*1-2H3. The van der Waals surface area contributed by atoms with Crippen molar-refractivity contribution in [2.45, 2.75) is 323 Å². The first-order chi connectivity index (χ1) is 46.7. The molecule has 4 aliphatic rings. The molecule has 0 amide bonds. The monoisotopic (exact) mass is 1870 g/mol. The highest BCUT2D eigenvalue weighted by Gasteiger charge is 2.57. The van der Waals surface area contributed by atoms with Gasteiger partial charge in [-0.25, -0.2) is 0 Å². The second kappa shape index (κ2) is 55.9. The molecule has 0 aliphatic carbocycles. The first-order valence-corrected chi connectivity index (χ1v) is 94.0. The Morgan fingerprint density at radius 2 is 0.693 bits per heavy atom. The lowest BCUT2D eigenvalue weighted by atomic mass is 10.5. The van der Waals surface area contributed by atoms with Crippen molar-refractivity contribution in [3.63, 3.8) is 0 Å². The summed E-state index contributed by atoms with van der Waals surface area (Å²) in [6, 6.07) is 11.0. The molecule has 0 aromatic heterocycles. The molecule has 4 rings (SSSR count). The number of rotatable bonds is 33. The van der Waals surface area contributed by atoms with Crippen molar-refractivity contribution in [3.8, 4) is 0 Å². The highest BCUT2D eigenvalue weighted by Crippen LogP contribution is 2.33. The van der Waals surface area contributed by atoms with Crippen LogP contribution in [-0.4, -0.2) is 267 Å². The summed E-state index contributed by atoms with van der Waals surface area (Å²) in [7, 11) is -41.7. The molecule has 4 aliphatic heterocycles. The summed E-state index contributed by atoms with van der Waals surface area (Å²) in [6.45, 7) is 72.8. The summed E-state index contributed by atoms with van der Waals surface area (Å²) in [4.78, 5) is 0. The van der Waals surface area contributed by atoms with Crippen molar-refractivity contribution in [3.05, 3.63) is 0 Å². The van der Waals surface area contributed by atoms with Gasteiger partial charge in [-0.05, 0) is 238 Å². The van der Waals surface area contributed by atoms with E-state index in [2.05, 4.69) is 181 Å². The largest absolute Gasteiger partial charge is 0.641 e. The zero-order valence-electron chi connectivity index (χ0n) is 71.1. The lowest BCUT2D eigenvalue weighted by molar-refractivity contribution is 0.123. The molecule has 0 saturated carbocycles. The zero-order chi connectivity index (χ0) is 78.2. The Balaban J connectivity index is 0. The fourth-order valence-corrected chi connectivity index (χ4v) is 96.6. The molecule has 4 heterocycles. The quantitative estimate of drug-likeness (QED) is 0.0455. The predicted octanol–water partition coefficient (Wildman–Crippen LogP) is 7.62. The third kappa shape index (κ3) is 54.8. The van der Waals surface area contributed by atoms with Crippen LogP contribution >= 0.6 is 0 Å². The molecule has 49 heteroatoms. The highest BCUT2D eigenvalue weighted by atomic mass is 28.6. The molecule has 0 radical (unpaired) electrons. The van der Waals surface area contributed by atoms with Crippen LogP contribution in [0.2, 0.25) is 230 Å². The third-order valence-electron chi connectivity index (χ3n) is 15.3. The first-order valence-electron chi connectivity index (χ1n) is 38.3. The van der Waals surface area contributed by atoms with E-state index in [4.69, 9.17) is 91.8 Å². The van der Waals surface area contributed by atoms with Gasteiger partial charge in [-0.1, -0.05) is 60.7 Å². The number of hydrogen-bond acceptors (Lipinski definition) is 24. The topological polar surface area (TPSA) is 222 Å². The lowest BCUT2D eigenvalue weighted by Crippen LogP contribution is -2.66. The van der Waals surface area contributed by atoms with E-state index in [1.54, 1.807) is 14.2 Å². The normalized spacial score (nSPS) is 29.8. The van der Waals surface area contributed by atoms with Gasteiger partial charge in [0, 0.05) is 38.6 Å². The van der Waals surface area contributed by atoms with E-state index >= 15 is 0 Å². The van der Waals surface area contributed by atoms with Gasteiger partial charge in [-0.2, -0.15) is 0 Å². The Labute approximate surface area is 660 Å². The van der Waals surface area contributed by atoms with Crippen LogP contribution in [0.3, 0.4) is 0 Å². The summed E-state index contributed by atoms with van der Waals surface area (Å²) >= 11 is 0. The maximum absolute atomic E-state index is 7.20. The van der Waals surface area contributed by atoms with Gasteiger partial charge in [0.15, 0.2) is 90.4 Å². The Hall–Kier alpha value is 4.46. The molecule has 4 saturated heterocycles. The summed E-state index contributed by atoms with van der Waals surface area (Å²) in [5.74, 6) is 0. The van der Waals surface area contributed by atoms with E-state index in [1.807, 2.05) is 53.9 Å². The van der Waals surface area contributed by atoms with Crippen molar-refractivity contribution in [2.75, 3.05) is 14.2 Å². The Kier molecular flexibility index (Phi) is 59.5. The van der Waals surface area contributed by atoms with Crippen LogP contribution in [0.15, 0.2) is 0 Å². The second-order valence-electron chi connectivity index (χ2n) is 29.7. The van der Waals surface area contributed by atoms with Gasteiger partial charge in [0.2, 0.25) is 0 Å². The Bertz CT molecular complexity index is 1920. The van der Waals surface area contributed by atoms with Gasteiger partial charge in [0.25, 0.3) is 47.9 Å². The van der Waals surface area contributed by atoms with Gasteiger partial charge in [-0.3, -0.25) is 0 Å². The Morgan fingerprint density at radius 1 is 0.356 bits per heavy atom. The molecule has 101 heavy (non-hydrogen) atoms. The van der Waals surface area contributed by atoms with Crippen LogP contribution in [0.4, 0.5) is 0 Å². The van der Waals surface area contributed by atoms with E-state index in [1.165, 1.54) is 18.5 Å². The summed E-state index contributed by atoms with van der Waals surface area (Å²) < 4.78 is 155. The maximum atomic E-state index is 7.20. The number of hydrogen-bond donors (Lipinski definition) is 0. The van der Waals surface area contributed by atoms with Gasteiger partial charge in [0.1, 0.15) is 0 Å². The molecule has 0 aromatic rings. The van der Waals surface area contributed by atoms with Gasteiger partial charge < -0.3 is 101 Å². The minimum absolute atomic E-state index is 0.0756. The van der Waals surface area contributed by atoms with Crippen LogP contribution in [0.25, 0.3) is 0 Å².